The van der Waals surface area contributed by atoms with E-state index in [0.717, 1.165) is 51.1 Å². The Bertz CT molecular complexity index is 1030. The van der Waals surface area contributed by atoms with E-state index < -0.39 is 0 Å². The summed E-state index contributed by atoms with van der Waals surface area (Å²) in [7, 11) is 0. The van der Waals surface area contributed by atoms with Crippen molar-refractivity contribution in [2.45, 2.75) is 32.7 Å². The monoisotopic (exact) mass is 401 g/mol. The van der Waals surface area contributed by atoms with Gasteiger partial charge in [0.15, 0.2) is 0 Å². The molecule has 3 aromatic rings. The van der Waals surface area contributed by atoms with Crippen molar-refractivity contribution in [2.75, 3.05) is 32.7 Å². The summed E-state index contributed by atoms with van der Waals surface area (Å²) in [4.78, 5) is 18.2. The standard InChI is InChI=1S/C26H31N3O/c1-20-11-12-25-23(17-20)22-9-5-6-10-24(22)29(25)26(30)19-28-15-13-27(14-16-28)18-21-7-3-2-4-8-21/h2-10,20H,11-19H2,1H3/t20-/m0/s1. The van der Waals surface area contributed by atoms with E-state index in [1.165, 1.54) is 28.6 Å². The molecule has 0 spiro atoms. The van der Waals surface area contributed by atoms with Crippen LogP contribution in [-0.2, 0) is 19.4 Å². The van der Waals surface area contributed by atoms with Crippen LogP contribution >= 0.6 is 0 Å². The molecule has 0 N–H and O–H groups in total. The maximum atomic E-state index is 13.4. The molecule has 0 unspecified atom stereocenters. The molecule has 0 bridgehead atoms. The zero-order chi connectivity index (χ0) is 20.5. The first kappa shape index (κ1) is 19.5. The summed E-state index contributed by atoms with van der Waals surface area (Å²) in [6, 6.07) is 19.1. The molecule has 4 nitrogen and oxygen atoms in total. The molecule has 5 rings (SSSR count). The van der Waals surface area contributed by atoms with Gasteiger partial charge in [0.1, 0.15) is 0 Å². The first-order valence-electron chi connectivity index (χ1n) is 11.3. The van der Waals surface area contributed by atoms with E-state index in [4.69, 9.17) is 0 Å². The Morgan fingerprint density at radius 3 is 2.43 bits per heavy atom. The van der Waals surface area contributed by atoms with Gasteiger partial charge in [-0.25, -0.2) is 0 Å². The van der Waals surface area contributed by atoms with E-state index >= 15 is 0 Å². The summed E-state index contributed by atoms with van der Waals surface area (Å²) in [5.74, 6) is 0.933. The van der Waals surface area contributed by atoms with Gasteiger partial charge in [-0.05, 0) is 42.4 Å². The van der Waals surface area contributed by atoms with Crippen molar-refractivity contribution >= 4 is 16.8 Å². The van der Waals surface area contributed by atoms with Crippen molar-refractivity contribution in [1.29, 1.82) is 0 Å². The van der Waals surface area contributed by atoms with Crippen LogP contribution in [0.4, 0.5) is 0 Å². The Hall–Kier alpha value is -2.43. The van der Waals surface area contributed by atoms with Crippen molar-refractivity contribution in [3.05, 3.63) is 71.4 Å². The molecule has 4 heteroatoms. The molecular weight excluding hydrogens is 370 g/mol. The highest BCUT2D eigenvalue weighted by atomic mass is 16.2. The van der Waals surface area contributed by atoms with Crippen LogP contribution in [0.1, 0.15) is 35.0 Å². The number of fused-ring (bicyclic) bond motifs is 3. The minimum atomic E-state index is 0.235. The Labute approximate surface area is 179 Å². The normalized spacial score (nSPS) is 20.4. The van der Waals surface area contributed by atoms with Gasteiger partial charge in [-0.15, -0.1) is 0 Å². The van der Waals surface area contributed by atoms with E-state index in [9.17, 15) is 4.79 Å². The van der Waals surface area contributed by atoms with E-state index in [0.29, 0.717) is 12.5 Å². The number of para-hydroxylation sites is 1. The van der Waals surface area contributed by atoms with Gasteiger partial charge in [0, 0.05) is 43.8 Å². The summed E-state index contributed by atoms with van der Waals surface area (Å²) < 4.78 is 2.05. The van der Waals surface area contributed by atoms with Crippen LogP contribution in [0.25, 0.3) is 10.9 Å². The summed E-state index contributed by atoms with van der Waals surface area (Å²) in [5.41, 5.74) is 5.14. The van der Waals surface area contributed by atoms with Crippen LogP contribution in [0.5, 0.6) is 0 Å². The molecule has 1 fully saturated rings. The fraction of sp³-hybridized carbons (Fsp3) is 0.423. The first-order valence-corrected chi connectivity index (χ1v) is 11.3. The Morgan fingerprint density at radius 2 is 1.63 bits per heavy atom. The first-order chi connectivity index (χ1) is 14.7. The lowest BCUT2D eigenvalue weighted by Gasteiger charge is -2.34. The Kier molecular flexibility index (Phi) is 5.45. The fourth-order valence-electron chi connectivity index (χ4n) is 5.18. The van der Waals surface area contributed by atoms with Crippen LogP contribution in [-0.4, -0.2) is 53.0 Å². The van der Waals surface area contributed by atoms with E-state index in [1.807, 2.05) is 4.57 Å². The predicted octanol–water partition coefficient (Wildman–Crippen LogP) is 4.22. The van der Waals surface area contributed by atoms with Gasteiger partial charge in [0.05, 0.1) is 12.1 Å². The van der Waals surface area contributed by atoms with Crippen LogP contribution in [0, 0.1) is 5.92 Å². The van der Waals surface area contributed by atoms with Crippen LogP contribution < -0.4 is 0 Å². The smallest absolute Gasteiger partial charge is 0.245 e. The lowest BCUT2D eigenvalue weighted by molar-refractivity contribution is 0.0769. The van der Waals surface area contributed by atoms with Gasteiger partial charge in [0.2, 0.25) is 5.91 Å². The average molecular weight is 402 g/mol. The lowest BCUT2D eigenvalue weighted by atomic mass is 9.88. The van der Waals surface area contributed by atoms with Gasteiger partial charge in [0.25, 0.3) is 0 Å². The number of benzene rings is 2. The molecule has 1 saturated heterocycles. The minimum Gasteiger partial charge on any atom is -0.297 e. The molecule has 1 aromatic heterocycles. The third-order valence-corrected chi connectivity index (χ3v) is 6.84. The second-order valence-electron chi connectivity index (χ2n) is 9.06. The highest BCUT2D eigenvalue weighted by molar-refractivity contribution is 5.97. The number of rotatable bonds is 4. The molecular formula is C26H31N3O. The van der Waals surface area contributed by atoms with Crippen molar-refractivity contribution in [1.82, 2.24) is 14.4 Å². The highest BCUT2D eigenvalue weighted by Gasteiger charge is 2.27. The van der Waals surface area contributed by atoms with Crippen molar-refractivity contribution < 1.29 is 4.79 Å². The molecule has 1 atom stereocenters. The van der Waals surface area contributed by atoms with Crippen LogP contribution in [0.15, 0.2) is 54.6 Å². The van der Waals surface area contributed by atoms with Crippen LogP contribution in [0.3, 0.4) is 0 Å². The molecule has 0 amide bonds. The summed E-state index contributed by atoms with van der Waals surface area (Å²) in [6.45, 7) is 7.78. The van der Waals surface area contributed by atoms with Gasteiger partial charge in [-0.3, -0.25) is 19.2 Å². The number of nitrogens with zero attached hydrogens (tertiary/aromatic N) is 3. The number of carbonyl (C=O) groups is 1. The van der Waals surface area contributed by atoms with Crippen molar-refractivity contribution in [3.63, 3.8) is 0 Å². The van der Waals surface area contributed by atoms with Crippen molar-refractivity contribution in [3.8, 4) is 0 Å². The molecule has 2 aliphatic rings. The summed E-state index contributed by atoms with van der Waals surface area (Å²) in [5, 5.41) is 1.28. The Morgan fingerprint density at radius 1 is 0.933 bits per heavy atom. The SMILES string of the molecule is C[C@H]1CCc2c(c3ccccc3n2C(=O)CN2CCN(Cc3ccccc3)CC2)C1. The summed E-state index contributed by atoms with van der Waals surface area (Å²) in [6.07, 6.45) is 3.28. The largest absolute Gasteiger partial charge is 0.297 e. The van der Waals surface area contributed by atoms with Gasteiger partial charge >= 0.3 is 0 Å². The molecule has 1 aliphatic carbocycles. The van der Waals surface area contributed by atoms with Gasteiger partial charge in [-0.1, -0.05) is 55.5 Å². The second-order valence-corrected chi connectivity index (χ2v) is 9.06. The quantitative estimate of drug-likeness (QED) is 0.655. The van der Waals surface area contributed by atoms with E-state index in [-0.39, 0.29) is 5.91 Å². The number of carbonyl (C=O) groups excluding carboxylic acids is 1. The molecule has 0 saturated carbocycles. The lowest BCUT2D eigenvalue weighted by Crippen LogP contribution is -2.48. The molecule has 30 heavy (non-hydrogen) atoms. The molecule has 156 valence electrons. The fourth-order valence-corrected chi connectivity index (χ4v) is 5.18. The zero-order valence-electron chi connectivity index (χ0n) is 17.9. The maximum absolute atomic E-state index is 13.4. The Balaban J connectivity index is 1.28. The zero-order valence-corrected chi connectivity index (χ0v) is 17.9. The van der Waals surface area contributed by atoms with Crippen molar-refractivity contribution in [2.24, 2.45) is 5.92 Å². The average Bonchev–Trinajstić information content (AvgIpc) is 3.10. The number of hydrogen-bond donors (Lipinski definition) is 0. The molecule has 2 heterocycles. The molecule has 2 aromatic carbocycles. The third kappa shape index (κ3) is 3.82. The predicted molar refractivity (Wildman–Crippen MR) is 122 cm³/mol. The molecule has 1 aliphatic heterocycles. The van der Waals surface area contributed by atoms with Gasteiger partial charge in [-0.2, -0.15) is 0 Å². The van der Waals surface area contributed by atoms with E-state index in [2.05, 4.69) is 71.3 Å². The minimum absolute atomic E-state index is 0.235. The highest BCUT2D eigenvalue weighted by Crippen LogP contribution is 2.34. The summed E-state index contributed by atoms with van der Waals surface area (Å²) >= 11 is 0. The van der Waals surface area contributed by atoms with Crippen LogP contribution in [0.2, 0.25) is 0 Å². The number of piperazine rings is 1. The number of hydrogen-bond acceptors (Lipinski definition) is 3. The van der Waals surface area contributed by atoms with E-state index in [1.54, 1.807) is 0 Å². The number of aromatic nitrogens is 1. The van der Waals surface area contributed by atoms with Gasteiger partial charge < -0.3 is 0 Å². The maximum Gasteiger partial charge on any atom is 0.245 e. The third-order valence-electron chi connectivity index (χ3n) is 6.84. The second kappa shape index (κ2) is 8.37. The topological polar surface area (TPSA) is 28.5 Å². The molecule has 0 radical (unpaired) electrons.